The number of rotatable bonds is 3. The van der Waals surface area contributed by atoms with Crippen LogP contribution in [0.15, 0.2) is 53.4 Å². The van der Waals surface area contributed by atoms with Crippen molar-refractivity contribution in [1.29, 1.82) is 5.26 Å². The first-order valence-electron chi connectivity index (χ1n) is 5.76. The first-order valence-corrected chi connectivity index (χ1v) is 5.76. The van der Waals surface area contributed by atoms with E-state index in [1.807, 2.05) is 6.07 Å². The molecule has 0 spiro atoms. The Hall–Kier alpha value is -3.20. The molecule has 0 aliphatic rings. The second kappa shape index (κ2) is 5.20. The van der Waals surface area contributed by atoms with Crippen LogP contribution < -0.4 is 4.74 Å². The summed E-state index contributed by atoms with van der Waals surface area (Å²) >= 11 is 0. The Morgan fingerprint density at radius 2 is 2.00 bits per heavy atom. The fourth-order valence-electron chi connectivity index (χ4n) is 1.63. The number of nitriles is 1. The fraction of sp³-hybridized carbons (Fsp3) is 0. The van der Waals surface area contributed by atoms with Crippen LogP contribution in [0.2, 0.25) is 0 Å². The summed E-state index contributed by atoms with van der Waals surface area (Å²) in [7, 11) is 0. The molecule has 2 heterocycles. The van der Waals surface area contributed by atoms with Gasteiger partial charge in [0.2, 0.25) is 18.2 Å². The number of ether oxygens (including phenoxy) is 1. The standard InChI is InChI=1S/C14H8N4O2/c15-8-11-2-1-7-16-13(11)20-12-5-3-10(4-6-12)14-18-17-9-19-14/h1-7,9H. The lowest BCUT2D eigenvalue weighted by Crippen LogP contribution is -1.91. The van der Waals surface area contributed by atoms with Crippen LogP contribution >= 0.6 is 0 Å². The van der Waals surface area contributed by atoms with Gasteiger partial charge >= 0.3 is 0 Å². The molecule has 3 rings (SSSR count). The van der Waals surface area contributed by atoms with E-state index in [4.69, 9.17) is 14.4 Å². The highest BCUT2D eigenvalue weighted by Gasteiger charge is 2.07. The third-order valence-corrected chi connectivity index (χ3v) is 2.57. The average Bonchev–Trinajstić information content (AvgIpc) is 3.03. The Labute approximate surface area is 114 Å². The monoisotopic (exact) mass is 264 g/mol. The molecule has 0 atom stereocenters. The van der Waals surface area contributed by atoms with Gasteiger partial charge in [-0.05, 0) is 36.4 Å². The van der Waals surface area contributed by atoms with Crippen molar-refractivity contribution in [3.63, 3.8) is 0 Å². The van der Waals surface area contributed by atoms with Gasteiger partial charge in [-0.2, -0.15) is 5.26 Å². The molecule has 2 aromatic heterocycles. The van der Waals surface area contributed by atoms with Crippen molar-refractivity contribution >= 4 is 0 Å². The molecule has 6 heteroatoms. The maximum atomic E-state index is 8.97. The molecule has 0 unspecified atom stereocenters. The number of hydrogen-bond acceptors (Lipinski definition) is 6. The zero-order valence-electron chi connectivity index (χ0n) is 10.2. The molecule has 20 heavy (non-hydrogen) atoms. The van der Waals surface area contributed by atoms with Gasteiger partial charge in [0.25, 0.3) is 0 Å². The van der Waals surface area contributed by atoms with Crippen molar-refractivity contribution in [3.8, 4) is 29.2 Å². The molecule has 0 saturated carbocycles. The van der Waals surface area contributed by atoms with Gasteiger partial charge in [0, 0.05) is 11.8 Å². The first-order chi connectivity index (χ1) is 9.86. The molecular weight excluding hydrogens is 256 g/mol. The molecule has 0 aliphatic heterocycles. The Morgan fingerprint density at radius 3 is 2.70 bits per heavy atom. The van der Waals surface area contributed by atoms with Gasteiger partial charge in [0.1, 0.15) is 17.4 Å². The van der Waals surface area contributed by atoms with E-state index >= 15 is 0 Å². The molecule has 0 amide bonds. The van der Waals surface area contributed by atoms with Gasteiger partial charge in [0.05, 0.1) is 0 Å². The Kier molecular flexibility index (Phi) is 3.08. The van der Waals surface area contributed by atoms with Crippen LogP contribution in [0, 0.1) is 11.3 Å². The topological polar surface area (TPSA) is 84.8 Å². The second-order valence-electron chi connectivity index (χ2n) is 3.84. The van der Waals surface area contributed by atoms with Crippen LogP contribution in [0.4, 0.5) is 0 Å². The Balaban J connectivity index is 1.84. The van der Waals surface area contributed by atoms with Gasteiger partial charge in [-0.15, -0.1) is 10.2 Å². The van der Waals surface area contributed by atoms with E-state index < -0.39 is 0 Å². The van der Waals surface area contributed by atoms with Crippen LogP contribution in [0.25, 0.3) is 11.5 Å². The lowest BCUT2D eigenvalue weighted by atomic mass is 10.2. The fourth-order valence-corrected chi connectivity index (χ4v) is 1.63. The molecule has 0 saturated heterocycles. The van der Waals surface area contributed by atoms with E-state index in [0.717, 1.165) is 5.56 Å². The van der Waals surface area contributed by atoms with E-state index in [1.165, 1.54) is 6.39 Å². The summed E-state index contributed by atoms with van der Waals surface area (Å²) in [6.45, 7) is 0. The summed E-state index contributed by atoms with van der Waals surface area (Å²) in [5, 5.41) is 16.4. The third-order valence-electron chi connectivity index (χ3n) is 2.57. The summed E-state index contributed by atoms with van der Waals surface area (Å²) in [6, 6.07) is 12.4. The quantitative estimate of drug-likeness (QED) is 0.723. The van der Waals surface area contributed by atoms with Gasteiger partial charge < -0.3 is 9.15 Å². The van der Waals surface area contributed by atoms with Gasteiger partial charge in [0.15, 0.2) is 0 Å². The van der Waals surface area contributed by atoms with E-state index in [-0.39, 0.29) is 5.88 Å². The lowest BCUT2D eigenvalue weighted by Gasteiger charge is -2.05. The predicted molar refractivity (Wildman–Crippen MR) is 68.8 cm³/mol. The largest absolute Gasteiger partial charge is 0.438 e. The van der Waals surface area contributed by atoms with Crippen molar-refractivity contribution in [2.75, 3.05) is 0 Å². The number of benzene rings is 1. The molecule has 96 valence electrons. The highest BCUT2D eigenvalue weighted by atomic mass is 16.5. The minimum atomic E-state index is 0.278. The van der Waals surface area contributed by atoms with E-state index in [2.05, 4.69) is 15.2 Å². The molecular formula is C14H8N4O2. The molecule has 1 aromatic carbocycles. The van der Waals surface area contributed by atoms with Gasteiger partial charge in [-0.25, -0.2) is 4.98 Å². The van der Waals surface area contributed by atoms with Gasteiger partial charge in [-0.3, -0.25) is 0 Å². The molecule has 0 aliphatic carbocycles. The molecule has 0 fully saturated rings. The van der Waals surface area contributed by atoms with Crippen LogP contribution in [0.5, 0.6) is 11.6 Å². The summed E-state index contributed by atoms with van der Waals surface area (Å²) in [5.41, 5.74) is 1.17. The SMILES string of the molecule is N#Cc1cccnc1Oc1ccc(-c2nnco2)cc1. The zero-order valence-corrected chi connectivity index (χ0v) is 10.2. The normalized spacial score (nSPS) is 9.95. The van der Waals surface area contributed by atoms with Crippen LogP contribution in [-0.2, 0) is 0 Å². The van der Waals surface area contributed by atoms with E-state index in [1.54, 1.807) is 42.6 Å². The third kappa shape index (κ3) is 2.33. The van der Waals surface area contributed by atoms with Crippen molar-refractivity contribution in [1.82, 2.24) is 15.2 Å². The molecule has 0 bridgehead atoms. The first kappa shape index (κ1) is 11.9. The van der Waals surface area contributed by atoms with Crippen molar-refractivity contribution in [2.45, 2.75) is 0 Å². The lowest BCUT2D eigenvalue weighted by molar-refractivity contribution is 0.461. The smallest absolute Gasteiger partial charge is 0.247 e. The second-order valence-corrected chi connectivity index (χ2v) is 3.84. The summed E-state index contributed by atoms with van der Waals surface area (Å²) < 4.78 is 10.7. The predicted octanol–water partition coefficient (Wildman–Crippen LogP) is 2.80. The number of pyridine rings is 1. The van der Waals surface area contributed by atoms with Crippen molar-refractivity contribution < 1.29 is 9.15 Å². The molecule has 3 aromatic rings. The zero-order chi connectivity index (χ0) is 13.8. The molecule has 0 N–H and O–H groups in total. The Bertz CT molecular complexity index is 746. The summed E-state index contributed by atoms with van der Waals surface area (Å²) in [4.78, 5) is 4.03. The summed E-state index contributed by atoms with van der Waals surface area (Å²) in [6.07, 6.45) is 2.84. The maximum Gasteiger partial charge on any atom is 0.247 e. The minimum absolute atomic E-state index is 0.278. The maximum absolute atomic E-state index is 8.97. The molecule has 0 radical (unpaired) electrons. The van der Waals surface area contributed by atoms with Crippen molar-refractivity contribution in [2.24, 2.45) is 0 Å². The van der Waals surface area contributed by atoms with Crippen molar-refractivity contribution in [3.05, 3.63) is 54.6 Å². The van der Waals surface area contributed by atoms with Crippen LogP contribution in [-0.4, -0.2) is 15.2 Å². The summed E-state index contributed by atoms with van der Waals surface area (Å²) in [5.74, 6) is 1.29. The Morgan fingerprint density at radius 1 is 1.15 bits per heavy atom. The van der Waals surface area contributed by atoms with E-state index in [9.17, 15) is 0 Å². The number of nitrogens with zero attached hydrogens (tertiary/aromatic N) is 4. The number of aromatic nitrogens is 3. The average molecular weight is 264 g/mol. The molecule has 6 nitrogen and oxygen atoms in total. The van der Waals surface area contributed by atoms with Gasteiger partial charge in [-0.1, -0.05) is 0 Å². The van der Waals surface area contributed by atoms with Crippen LogP contribution in [0.3, 0.4) is 0 Å². The highest BCUT2D eigenvalue weighted by Crippen LogP contribution is 2.25. The number of hydrogen-bond donors (Lipinski definition) is 0. The minimum Gasteiger partial charge on any atom is -0.438 e. The highest BCUT2D eigenvalue weighted by molar-refractivity contribution is 5.54. The van der Waals surface area contributed by atoms with Crippen LogP contribution in [0.1, 0.15) is 5.56 Å². The van der Waals surface area contributed by atoms with E-state index in [0.29, 0.717) is 17.2 Å².